The van der Waals surface area contributed by atoms with Gasteiger partial charge in [0.05, 0.1) is 0 Å². The van der Waals surface area contributed by atoms with Crippen LogP contribution in [0.15, 0.2) is 30.5 Å². The molecular formula is C17H19N5O. The van der Waals surface area contributed by atoms with Crippen molar-refractivity contribution >= 4 is 17.4 Å². The quantitative estimate of drug-likeness (QED) is 0.807. The number of carbonyl (C=O) groups excluding carboxylic acids is 1. The molecule has 0 bridgehead atoms. The summed E-state index contributed by atoms with van der Waals surface area (Å²) in [4.78, 5) is 20.9. The zero-order valence-corrected chi connectivity index (χ0v) is 13.7. The lowest BCUT2D eigenvalue weighted by atomic mass is 9.98. The van der Waals surface area contributed by atoms with Gasteiger partial charge in [-0.05, 0) is 37.0 Å². The lowest BCUT2D eigenvalue weighted by Gasteiger charge is -2.15. The van der Waals surface area contributed by atoms with Crippen molar-refractivity contribution in [1.82, 2.24) is 19.6 Å². The topological polar surface area (TPSA) is 72.2 Å². The van der Waals surface area contributed by atoms with Gasteiger partial charge in [-0.3, -0.25) is 4.79 Å². The Hall–Kier alpha value is -2.76. The van der Waals surface area contributed by atoms with Gasteiger partial charge in [0, 0.05) is 17.6 Å². The van der Waals surface area contributed by atoms with E-state index in [0.29, 0.717) is 11.7 Å². The molecule has 0 saturated heterocycles. The van der Waals surface area contributed by atoms with E-state index in [9.17, 15) is 4.79 Å². The molecule has 0 aliphatic rings. The summed E-state index contributed by atoms with van der Waals surface area (Å²) < 4.78 is 1.57. The monoisotopic (exact) mass is 309 g/mol. The minimum atomic E-state index is -0.328. The molecular weight excluding hydrogens is 290 g/mol. The maximum atomic E-state index is 12.5. The van der Waals surface area contributed by atoms with Crippen LogP contribution in [0.3, 0.4) is 0 Å². The average Bonchev–Trinajstić information content (AvgIpc) is 2.94. The van der Waals surface area contributed by atoms with E-state index in [1.165, 1.54) is 0 Å². The Balaban J connectivity index is 1.97. The Bertz CT molecular complexity index is 882. The van der Waals surface area contributed by atoms with Crippen LogP contribution >= 0.6 is 0 Å². The molecule has 0 fully saturated rings. The summed E-state index contributed by atoms with van der Waals surface area (Å²) in [6, 6.07) is 7.82. The van der Waals surface area contributed by atoms with Crippen LogP contribution < -0.4 is 5.32 Å². The lowest BCUT2D eigenvalue weighted by Crippen LogP contribution is -2.16. The molecule has 6 nitrogen and oxygen atoms in total. The fraction of sp³-hybridized carbons (Fsp3) is 0.294. The lowest BCUT2D eigenvalue weighted by molar-refractivity contribution is 0.101. The van der Waals surface area contributed by atoms with Crippen LogP contribution in [0.2, 0.25) is 0 Å². The first-order valence-corrected chi connectivity index (χ1v) is 7.56. The molecule has 0 unspecified atom stereocenters. The zero-order chi connectivity index (χ0) is 16.6. The molecule has 3 aromatic rings. The fourth-order valence-electron chi connectivity index (χ4n) is 2.51. The molecule has 118 valence electrons. The molecule has 3 rings (SSSR count). The van der Waals surface area contributed by atoms with Crippen LogP contribution in [-0.4, -0.2) is 25.5 Å². The molecule has 1 aromatic carbocycles. The van der Waals surface area contributed by atoms with Gasteiger partial charge < -0.3 is 5.32 Å². The second-order valence-corrected chi connectivity index (χ2v) is 5.88. The van der Waals surface area contributed by atoms with Crippen molar-refractivity contribution in [2.24, 2.45) is 0 Å². The highest BCUT2D eigenvalue weighted by molar-refractivity contribution is 6.02. The number of benzene rings is 1. The van der Waals surface area contributed by atoms with Gasteiger partial charge >= 0.3 is 0 Å². The Kier molecular flexibility index (Phi) is 3.82. The third-order valence-corrected chi connectivity index (χ3v) is 3.80. The Labute approximate surface area is 134 Å². The largest absolute Gasteiger partial charge is 0.319 e. The number of aryl methyl sites for hydroxylation is 2. The van der Waals surface area contributed by atoms with Crippen molar-refractivity contribution in [1.29, 1.82) is 0 Å². The van der Waals surface area contributed by atoms with E-state index >= 15 is 0 Å². The molecule has 2 heterocycles. The Morgan fingerprint density at radius 1 is 1.22 bits per heavy atom. The van der Waals surface area contributed by atoms with E-state index < -0.39 is 0 Å². The van der Waals surface area contributed by atoms with Gasteiger partial charge in [-0.25, -0.2) is 9.50 Å². The van der Waals surface area contributed by atoms with E-state index in [0.717, 1.165) is 22.5 Å². The molecule has 0 saturated carbocycles. The summed E-state index contributed by atoms with van der Waals surface area (Å²) in [7, 11) is 0. The minimum absolute atomic E-state index is 0.116. The van der Waals surface area contributed by atoms with Gasteiger partial charge in [-0.2, -0.15) is 4.98 Å². The molecule has 2 aromatic heterocycles. The predicted octanol–water partition coefficient (Wildman–Crippen LogP) is 3.12. The highest BCUT2D eigenvalue weighted by atomic mass is 16.2. The van der Waals surface area contributed by atoms with Crippen molar-refractivity contribution in [3.05, 3.63) is 53.1 Å². The highest BCUT2D eigenvalue weighted by Crippen LogP contribution is 2.27. The fourth-order valence-corrected chi connectivity index (χ4v) is 2.51. The number of fused-ring (bicyclic) bond motifs is 1. The molecule has 0 spiro atoms. The second kappa shape index (κ2) is 5.79. The third-order valence-electron chi connectivity index (χ3n) is 3.80. The molecule has 1 N–H and O–H groups in total. The molecule has 6 heteroatoms. The summed E-state index contributed by atoms with van der Waals surface area (Å²) in [5.41, 5.74) is 3.82. The number of nitrogens with one attached hydrogen (secondary N) is 1. The summed E-state index contributed by atoms with van der Waals surface area (Å²) in [5.74, 6) is 0.517. The first-order valence-electron chi connectivity index (χ1n) is 7.56. The summed E-state index contributed by atoms with van der Waals surface area (Å²) in [6.07, 6.45) is 1.65. The number of rotatable bonds is 3. The molecule has 1 amide bonds. The maximum Gasteiger partial charge on any atom is 0.295 e. The smallest absolute Gasteiger partial charge is 0.295 e. The number of anilines is 1. The van der Waals surface area contributed by atoms with Crippen LogP contribution in [0.1, 0.15) is 47.2 Å². The Morgan fingerprint density at radius 2 is 2.00 bits per heavy atom. The number of aromatic nitrogens is 4. The third kappa shape index (κ3) is 2.79. The number of nitrogens with zero attached hydrogens (tertiary/aromatic N) is 4. The molecule has 0 atom stereocenters. The number of carbonyl (C=O) groups is 1. The summed E-state index contributed by atoms with van der Waals surface area (Å²) in [6.45, 7) is 8.06. The van der Waals surface area contributed by atoms with Crippen molar-refractivity contribution in [2.45, 2.75) is 33.6 Å². The van der Waals surface area contributed by atoms with E-state index in [2.05, 4.69) is 34.2 Å². The van der Waals surface area contributed by atoms with Crippen molar-refractivity contribution in [3.63, 3.8) is 0 Å². The van der Waals surface area contributed by atoms with Crippen molar-refractivity contribution in [3.8, 4) is 0 Å². The standard InChI is InChI=1S/C17H19N5O/c1-10(2)13-7-5-6-11(3)14(13)19-16(23)15-20-17-18-9-8-12(4)22(17)21-15/h5-10H,1-4H3,(H,19,23). The van der Waals surface area contributed by atoms with E-state index in [4.69, 9.17) is 0 Å². The molecule has 0 aliphatic heterocycles. The maximum absolute atomic E-state index is 12.5. The van der Waals surface area contributed by atoms with Crippen molar-refractivity contribution in [2.75, 3.05) is 5.32 Å². The van der Waals surface area contributed by atoms with Crippen LogP contribution in [0.5, 0.6) is 0 Å². The number of amides is 1. The number of hydrogen-bond acceptors (Lipinski definition) is 4. The minimum Gasteiger partial charge on any atom is -0.319 e. The predicted molar refractivity (Wildman–Crippen MR) is 88.7 cm³/mol. The van der Waals surface area contributed by atoms with Crippen molar-refractivity contribution < 1.29 is 4.79 Å². The molecule has 0 aliphatic carbocycles. The van der Waals surface area contributed by atoms with E-state index in [-0.39, 0.29) is 11.7 Å². The van der Waals surface area contributed by atoms with Gasteiger partial charge in [0.1, 0.15) is 0 Å². The first-order chi connectivity index (χ1) is 11.0. The van der Waals surface area contributed by atoms with Gasteiger partial charge in [-0.15, -0.1) is 5.10 Å². The van der Waals surface area contributed by atoms with E-state index in [1.54, 1.807) is 10.7 Å². The molecule has 23 heavy (non-hydrogen) atoms. The van der Waals surface area contributed by atoms with E-state index in [1.807, 2.05) is 38.1 Å². The average molecular weight is 309 g/mol. The second-order valence-electron chi connectivity index (χ2n) is 5.88. The first kappa shape index (κ1) is 15.1. The van der Waals surface area contributed by atoms with Crippen LogP contribution in [-0.2, 0) is 0 Å². The van der Waals surface area contributed by atoms with Gasteiger partial charge in [0.15, 0.2) is 0 Å². The van der Waals surface area contributed by atoms with Crippen LogP contribution in [0.4, 0.5) is 5.69 Å². The zero-order valence-electron chi connectivity index (χ0n) is 13.7. The number of hydrogen-bond donors (Lipinski definition) is 1. The van der Waals surface area contributed by atoms with Gasteiger partial charge in [0.25, 0.3) is 11.7 Å². The SMILES string of the molecule is Cc1cccc(C(C)C)c1NC(=O)c1nc2nccc(C)n2n1. The molecule has 0 radical (unpaired) electrons. The normalized spacial score (nSPS) is 11.2. The number of para-hydroxylation sites is 1. The Morgan fingerprint density at radius 3 is 2.70 bits per heavy atom. The van der Waals surface area contributed by atoms with Gasteiger partial charge in [0.2, 0.25) is 5.82 Å². The van der Waals surface area contributed by atoms with Crippen LogP contribution in [0, 0.1) is 13.8 Å². The summed E-state index contributed by atoms with van der Waals surface area (Å²) >= 11 is 0. The highest BCUT2D eigenvalue weighted by Gasteiger charge is 2.17. The van der Waals surface area contributed by atoms with Crippen LogP contribution in [0.25, 0.3) is 5.78 Å². The summed E-state index contributed by atoms with van der Waals surface area (Å²) in [5, 5.41) is 7.20. The van der Waals surface area contributed by atoms with Gasteiger partial charge in [-0.1, -0.05) is 32.0 Å².